The number of hydrogen-bond acceptors (Lipinski definition) is 6. The van der Waals surface area contributed by atoms with Crippen LogP contribution >= 0.6 is 11.8 Å². The van der Waals surface area contributed by atoms with Crippen molar-refractivity contribution < 1.29 is 24.2 Å². The van der Waals surface area contributed by atoms with E-state index in [0.717, 1.165) is 38.5 Å². The van der Waals surface area contributed by atoms with Crippen molar-refractivity contribution in [1.29, 1.82) is 0 Å². The predicted octanol–water partition coefficient (Wildman–Crippen LogP) is 4.59. The van der Waals surface area contributed by atoms with Crippen LogP contribution in [-0.4, -0.2) is 80.6 Å². The van der Waals surface area contributed by atoms with Crippen molar-refractivity contribution in [3.05, 3.63) is 25.3 Å². The molecule has 3 aliphatic heterocycles. The summed E-state index contributed by atoms with van der Waals surface area (Å²) in [6.45, 7) is 16.4. The number of fused-ring (bicyclic) bond motifs is 1. The molecule has 3 unspecified atom stereocenters. The Morgan fingerprint density at radius 1 is 1.26 bits per heavy atom. The Morgan fingerprint density at radius 3 is 2.61 bits per heavy atom. The second kappa shape index (κ2) is 13.5. The number of ether oxygens (including phenoxy) is 1. The molecule has 0 aliphatic carbocycles. The Hall–Kier alpha value is -1.80. The average molecular weight is 549 g/mol. The molecule has 0 aromatic carbocycles. The number of likely N-dealkylation sites (tertiary alicyclic amines) is 1. The number of carbonyl (C=O) groups is 3. The summed E-state index contributed by atoms with van der Waals surface area (Å²) in [6, 6.07) is -1.19. The van der Waals surface area contributed by atoms with Gasteiger partial charge in [-0.1, -0.05) is 39.3 Å². The summed E-state index contributed by atoms with van der Waals surface area (Å²) in [4.78, 5) is 45.6. The van der Waals surface area contributed by atoms with Gasteiger partial charge >= 0.3 is 5.97 Å². The molecule has 3 heterocycles. The van der Waals surface area contributed by atoms with Gasteiger partial charge in [0.05, 0.1) is 35.8 Å². The standard InChI is InChI=1S/C30H48N2O5S/c1-7-10-11-12-17-37-29(36)24-23-14-15-30(38-23)25(24)27(34)32(22(19-33)18-20(4)5)26(30)28(35)31(16-9-3)21(6)13-8-2/h7,9,20-26,33H,1,3,8,10-19H2,2,4-6H3/t21?,22-,23+,24-,25+,26?,30?/m1/s1. The van der Waals surface area contributed by atoms with Gasteiger partial charge in [0.25, 0.3) is 0 Å². The fraction of sp³-hybridized carbons (Fsp3) is 0.767. The molecule has 3 aliphatic rings. The van der Waals surface area contributed by atoms with E-state index in [1.807, 2.05) is 17.9 Å². The van der Waals surface area contributed by atoms with Gasteiger partial charge in [-0.05, 0) is 57.8 Å². The zero-order valence-corrected chi connectivity index (χ0v) is 24.6. The van der Waals surface area contributed by atoms with Crippen LogP contribution in [0.15, 0.2) is 25.3 Å². The number of aliphatic hydroxyl groups is 1. The van der Waals surface area contributed by atoms with Gasteiger partial charge in [-0.2, -0.15) is 0 Å². The molecular weight excluding hydrogens is 500 g/mol. The average Bonchev–Trinajstić information content (AvgIpc) is 3.52. The summed E-state index contributed by atoms with van der Waals surface area (Å²) in [7, 11) is 0. The Balaban J connectivity index is 1.98. The molecule has 2 bridgehead atoms. The molecule has 214 valence electrons. The van der Waals surface area contributed by atoms with E-state index in [1.165, 1.54) is 0 Å². The Bertz CT molecular complexity index is 879. The van der Waals surface area contributed by atoms with Crippen molar-refractivity contribution in [3.63, 3.8) is 0 Å². The number of carbonyl (C=O) groups excluding carboxylic acids is 3. The molecule has 0 aromatic heterocycles. The molecule has 2 amide bonds. The molecule has 7 nitrogen and oxygen atoms in total. The summed E-state index contributed by atoms with van der Waals surface area (Å²) < 4.78 is 5.02. The van der Waals surface area contributed by atoms with E-state index in [0.29, 0.717) is 26.0 Å². The normalized spacial score (nSPS) is 29.3. The lowest BCUT2D eigenvalue weighted by Crippen LogP contribution is -2.59. The first-order valence-electron chi connectivity index (χ1n) is 14.5. The van der Waals surface area contributed by atoms with Gasteiger partial charge in [0.15, 0.2) is 0 Å². The highest BCUT2D eigenvalue weighted by molar-refractivity contribution is 8.02. The van der Waals surface area contributed by atoms with E-state index >= 15 is 0 Å². The SMILES string of the molecule is C=CCCCCOC(=O)[C@@H]1[C@@H]2CCC3(S2)C(C(=O)N(CC=C)C(C)CCC)N([C@@H](CO)CC(C)C)C(=O)[C@H]13. The Morgan fingerprint density at radius 2 is 2.00 bits per heavy atom. The molecule has 3 rings (SSSR count). The van der Waals surface area contributed by atoms with Crippen molar-refractivity contribution in [2.45, 2.75) is 107 Å². The number of unbranched alkanes of at least 4 members (excludes halogenated alkanes) is 2. The van der Waals surface area contributed by atoms with Crippen LogP contribution < -0.4 is 0 Å². The van der Waals surface area contributed by atoms with Crippen LogP contribution in [-0.2, 0) is 19.1 Å². The third kappa shape index (κ3) is 5.86. The molecule has 0 aromatic rings. The minimum absolute atomic E-state index is 0.00416. The fourth-order valence-corrected chi connectivity index (χ4v) is 9.06. The predicted molar refractivity (Wildman–Crippen MR) is 153 cm³/mol. The quantitative estimate of drug-likeness (QED) is 0.173. The molecule has 8 heteroatoms. The molecule has 3 saturated heterocycles. The molecule has 0 radical (unpaired) electrons. The van der Waals surface area contributed by atoms with Crippen LogP contribution in [0.2, 0.25) is 0 Å². The number of esters is 1. The Labute approximate surface area is 233 Å². The third-order valence-corrected chi connectivity index (χ3v) is 10.4. The second-order valence-electron chi connectivity index (χ2n) is 11.6. The highest BCUT2D eigenvalue weighted by Crippen LogP contribution is 2.67. The molecule has 1 spiro atoms. The van der Waals surface area contributed by atoms with Crippen molar-refractivity contribution in [2.24, 2.45) is 17.8 Å². The summed E-state index contributed by atoms with van der Waals surface area (Å²) >= 11 is 1.65. The van der Waals surface area contributed by atoms with E-state index in [2.05, 4.69) is 33.9 Å². The molecule has 38 heavy (non-hydrogen) atoms. The topological polar surface area (TPSA) is 87.2 Å². The van der Waals surface area contributed by atoms with E-state index < -0.39 is 28.7 Å². The number of allylic oxidation sites excluding steroid dienone is 1. The maximum Gasteiger partial charge on any atom is 0.310 e. The van der Waals surface area contributed by atoms with Gasteiger partial charge in [0.2, 0.25) is 11.8 Å². The number of hydrogen-bond donors (Lipinski definition) is 1. The molecule has 0 saturated carbocycles. The van der Waals surface area contributed by atoms with Crippen molar-refractivity contribution in [2.75, 3.05) is 19.8 Å². The van der Waals surface area contributed by atoms with E-state index in [9.17, 15) is 19.5 Å². The van der Waals surface area contributed by atoms with Crippen molar-refractivity contribution in [3.8, 4) is 0 Å². The summed E-state index contributed by atoms with van der Waals surface area (Å²) in [6.07, 6.45) is 9.99. The molecule has 7 atom stereocenters. The second-order valence-corrected chi connectivity index (χ2v) is 13.2. The first-order chi connectivity index (χ1) is 18.2. The van der Waals surface area contributed by atoms with Gasteiger partial charge < -0.3 is 19.6 Å². The summed E-state index contributed by atoms with van der Waals surface area (Å²) in [5.74, 6) is -1.50. The lowest BCUT2D eigenvalue weighted by molar-refractivity contribution is -0.154. The summed E-state index contributed by atoms with van der Waals surface area (Å²) in [5.41, 5.74) is 0. The number of thioether (sulfide) groups is 1. The van der Waals surface area contributed by atoms with E-state index in [1.54, 1.807) is 22.7 Å². The number of amides is 2. The van der Waals surface area contributed by atoms with Crippen molar-refractivity contribution in [1.82, 2.24) is 9.80 Å². The highest BCUT2D eigenvalue weighted by Gasteiger charge is 2.74. The zero-order valence-electron chi connectivity index (χ0n) is 23.8. The van der Waals surface area contributed by atoms with Crippen LogP contribution in [0.5, 0.6) is 0 Å². The number of nitrogens with zero attached hydrogens (tertiary/aromatic N) is 2. The zero-order chi connectivity index (χ0) is 28.0. The fourth-order valence-electron chi connectivity index (χ4n) is 6.87. The monoisotopic (exact) mass is 548 g/mol. The van der Waals surface area contributed by atoms with Crippen LogP contribution in [0.3, 0.4) is 0 Å². The molecule has 3 fully saturated rings. The number of rotatable bonds is 16. The van der Waals surface area contributed by atoms with Crippen molar-refractivity contribution >= 4 is 29.5 Å². The van der Waals surface area contributed by atoms with Crippen LogP contribution in [0.4, 0.5) is 0 Å². The van der Waals surface area contributed by atoms with Gasteiger partial charge in [-0.25, -0.2) is 0 Å². The maximum atomic E-state index is 14.5. The van der Waals surface area contributed by atoms with E-state index in [-0.39, 0.29) is 41.6 Å². The van der Waals surface area contributed by atoms with Crippen LogP contribution in [0, 0.1) is 17.8 Å². The first kappa shape index (κ1) is 30.7. The third-order valence-electron chi connectivity index (χ3n) is 8.49. The van der Waals surface area contributed by atoms with Gasteiger partial charge in [0, 0.05) is 17.8 Å². The minimum Gasteiger partial charge on any atom is -0.465 e. The van der Waals surface area contributed by atoms with Crippen LogP contribution in [0.25, 0.3) is 0 Å². The van der Waals surface area contributed by atoms with Gasteiger partial charge in [0.1, 0.15) is 6.04 Å². The largest absolute Gasteiger partial charge is 0.465 e. The molecule has 1 N–H and O–H groups in total. The summed E-state index contributed by atoms with van der Waals surface area (Å²) in [5, 5.41) is 10.4. The van der Waals surface area contributed by atoms with Gasteiger partial charge in [-0.3, -0.25) is 14.4 Å². The van der Waals surface area contributed by atoms with E-state index in [4.69, 9.17) is 4.74 Å². The first-order valence-corrected chi connectivity index (χ1v) is 15.4. The smallest absolute Gasteiger partial charge is 0.310 e. The number of aliphatic hydroxyl groups excluding tert-OH is 1. The molecular formula is C30H48N2O5S. The minimum atomic E-state index is -0.712. The Kier molecular flexibility index (Phi) is 10.9. The van der Waals surface area contributed by atoms with Crippen LogP contribution in [0.1, 0.15) is 79.1 Å². The maximum absolute atomic E-state index is 14.5. The lowest BCUT2D eigenvalue weighted by atomic mass is 9.71. The highest BCUT2D eigenvalue weighted by atomic mass is 32.2. The van der Waals surface area contributed by atoms with Gasteiger partial charge in [-0.15, -0.1) is 24.9 Å². The lowest BCUT2D eigenvalue weighted by Gasteiger charge is -2.41.